The largest absolute Gasteiger partial charge is 0.271 e. The van der Waals surface area contributed by atoms with Gasteiger partial charge in [-0.2, -0.15) is 0 Å². The highest BCUT2D eigenvalue weighted by atomic mass is 15.2. The van der Waals surface area contributed by atoms with E-state index in [1.54, 1.807) is 0 Å². The van der Waals surface area contributed by atoms with E-state index in [0.29, 0.717) is 5.92 Å². The lowest BCUT2D eigenvalue weighted by molar-refractivity contribution is 0.485. The van der Waals surface area contributed by atoms with Gasteiger partial charge in [0.1, 0.15) is 0 Å². The zero-order valence-electron chi connectivity index (χ0n) is 8.93. The first-order valence-electron chi connectivity index (χ1n) is 5.56. The monoisotopic (exact) mass is 214 g/mol. The molecule has 0 aliphatic heterocycles. The maximum absolute atomic E-state index is 5.57. The van der Waals surface area contributed by atoms with Crippen LogP contribution in [0.2, 0.25) is 0 Å². The minimum Gasteiger partial charge on any atom is -0.271 e. The SMILES string of the molecule is NNC(c1cnc2ccccc2n1)C1CC1. The van der Waals surface area contributed by atoms with E-state index in [-0.39, 0.29) is 6.04 Å². The Morgan fingerprint density at radius 2 is 2.00 bits per heavy atom. The maximum Gasteiger partial charge on any atom is 0.0890 e. The normalized spacial score (nSPS) is 17.6. The Bertz CT molecular complexity index is 507. The van der Waals surface area contributed by atoms with E-state index in [9.17, 15) is 0 Å². The number of nitrogens with two attached hydrogens (primary N) is 1. The quantitative estimate of drug-likeness (QED) is 0.601. The molecule has 1 aliphatic rings. The first kappa shape index (κ1) is 9.69. The van der Waals surface area contributed by atoms with E-state index in [1.807, 2.05) is 30.5 Å². The topological polar surface area (TPSA) is 63.8 Å². The molecule has 2 aromatic rings. The van der Waals surface area contributed by atoms with E-state index < -0.39 is 0 Å². The molecule has 4 heteroatoms. The van der Waals surface area contributed by atoms with Crippen LogP contribution in [-0.2, 0) is 0 Å². The lowest BCUT2D eigenvalue weighted by Gasteiger charge is -2.14. The molecule has 1 fully saturated rings. The van der Waals surface area contributed by atoms with Gasteiger partial charge in [0.05, 0.1) is 29.0 Å². The van der Waals surface area contributed by atoms with Crippen molar-refractivity contribution < 1.29 is 0 Å². The van der Waals surface area contributed by atoms with Crippen molar-refractivity contribution in [1.82, 2.24) is 15.4 Å². The van der Waals surface area contributed by atoms with Crippen molar-refractivity contribution in [2.75, 3.05) is 0 Å². The number of aromatic nitrogens is 2. The molecule has 0 amide bonds. The van der Waals surface area contributed by atoms with Gasteiger partial charge in [0.15, 0.2) is 0 Å². The third-order valence-corrected chi connectivity index (χ3v) is 3.06. The van der Waals surface area contributed by atoms with Gasteiger partial charge >= 0.3 is 0 Å². The molecule has 3 rings (SSSR count). The van der Waals surface area contributed by atoms with Gasteiger partial charge < -0.3 is 0 Å². The van der Waals surface area contributed by atoms with Gasteiger partial charge in [0.25, 0.3) is 0 Å². The minimum absolute atomic E-state index is 0.150. The van der Waals surface area contributed by atoms with Gasteiger partial charge in [0, 0.05) is 0 Å². The van der Waals surface area contributed by atoms with Crippen LogP contribution in [0.25, 0.3) is 11.0 Å². The zero-order chi connectivity index (χ0) is 11.0. The van der Waals surface area contributed by atoms with Crippen molar-refractivity contribution in [2.24, 2.45) is 11.8 Å². The van der Waals surface area contributed by atoms with Crippen molar-refractivity contribution in [3.05, 3.63) is 36.2 Å². The number of hydrogen-bond donors (Lipinski definition) is 2. The number of hydrogen-bond acceptors (Lipinski definition) is 4. The molecule has 1 aromatic heterocycles. The fourth-order valence-electron chi connectivity index (χ4n) is 2.01. The van der Waals surface area contributed by atoms with Crippen LogP contribution in [0.4, 0.5) is 0 Å². The third kappa shape index (κ3) is 1.66. The summed E-state index contributed by atoms with van der Waals surface area (Å²) < 4.78 is 0. The van der Waals surface area contributed by atoms with Gasteiger partial charge in [-0.05, 0) is 30.9 Å². The second-order valence-electron chi connectivity index (χ2n) is 4.27. The van der Waals surface area contributed by atoms with Gasteiger partial charge in [-0.1, -0.05) is 12.1 Å². The lowest BCUT2D eigenvalue weighted by Crippen LogP contribution is -2.30. The second-order valence-corrected chi connectivity index (χ2v) is 4.27. The minimum atomic E-state index is 0.150. The first-order valence-corrected chi connectivity index (χ1v) is 5.56. The first-order chi connectivity index (χ1) is 7.88. The standard InChI is InChI=1S/C12H14N4/c13-16-12(8-5-6-8)11-7-14-9-3-1-2-4-10(9)15-11/h1-4,7-8,12,16H,5-6,13H2. The molecular weight excluding hydrogens is 200 g/mol. The van der Waals surface area contributed by atoms with Crippen LogP contribution in [0.3, 0.4) is 0 Å². The lowest BCUT2D eigenvalue weighted by atomic mass is 10.1. The van der Waals surface area contributed by atoms with Crippen LogP contribution >= 0.6 is 0 Å². The number of rotatable bonds is 3. The molecule has 82 valence electrons. The van der Waals surface area contributed by atoms with Crippen molar-refractivity contribution in [3.8, 4) is 0 Å². The number of hydrazine groups is 1. The van der Waals surface area contributed by atoms with Crippen molar-refractivity contribution in [2.45, 2.75) is 18.9 Å². The van der Waals surface area contributed by atoms with Gasteiger partial charge in [0.2, 0.25) is 0 Å². The van der Waals surface area contributed by atoms with Crippen molar-refractivity contribution >= 4 is 11.0 Å². The summed E-state index contributed by atoms with van der Waals surface area (Å²) in [5, 5.41) is 0. The summed E-state index contributed by atoms with van der Waals surface area (Å²) in [6.07, 6.45) is 4.28. The van der Waals surface area contributed by atoms with Gasteiger partial charge in [-0.25, -0.2) is 4.98 Å². The Labute approximate surface area is 93.9 Å². The van der Waals surface area contributed by atoms with E-state index >= 15 is 0 Å². The predicted octanol–water partition coefficient (Wildman–Crippen LogP) is 1.54. The average molecular weight is 214 g/mol. The second kappa shape index (κ2) is 3.81. The molecular formula is C12H14N4. The Balaban J connectivity index is 2.03. The van der Waals surface area contributed by atoms with E-state index in [2.05, 4.69) is 15.4 Å². The number of benzene rings is 1. The molecule has 4 nitrogen and oxygen atoms in total. The highest BCUT2D eigenvalue weighted by Gasteiger charge is 2.32. The van der Waals surface area contributed by atoms with Crippen LogP contribution in [0.5, 0.6) is 0 Å². The predicted molar refractivity (Wildman–Crippen MR) is 62.3 cm³/mol. The van der Waals surface area contributed by atoms with E-state index in [1.165, 1.54) is 12.8 Å². The molecule has 3 N–H and O–H groups in total. The summed E-state index contributed by atoms with van der Waals surface area (Å²) in [4.78, 5) is 9.00. The van der Waals surface area contributed by atoms with Crippen molar-refractivity contribution in [1.29, 1.82) is 0 Å². The fourth-order valence-corrected chi connectivity index (χ4v) is 2.01. The molecule has 1 saturated carbocycles. The van der Waals surface area contributed by atoms with Crippen LogP contribution in [0.1, 0.15) is 24.6 Å². The summed E-state index contributed by atoms with van der Waals surface area (Å²) in [5.74, 6) is 6.20. The zero-order valence-corrected chi connectivity index (χ0v) is 8.93. The molecule has 1 heterocycles. The summed E-state index contributed by atoms with van der Waals surface area (Å²) >= 11 is 0. The Morgan fingerprint density at radius 3 is 2.69 bits per heavy atom. The Kier molecular flexibility index (Phi) is 2.31. The molecule has 1 atom stereocenters. The Morgan fingerprint density at radius 1 is 1.25 bits per heavy atom. The summed E-state index contributed by atoms with van der Waals surface area (Å²) in [6, 6.07) is 8.04. The van der Waals surface area contributed by atoms with Gasteiger partial charge in [-0.15, -0.1) is 0 Å². The molecule has 0 bridgehead atoms. The van der Waals surface area contributed by atoms with Crippen LogP contribution in [-0.4, -0.2) is 9.97 Å². The van der Waals surface area contributed by atoms with Crippen LogP contribution < -0.4 is 11.3 Å². The van der Waals surface area contributed by atoms with Crippen molar-refractivity contribution in [3.63, 3.8) is 0 Å². The number of nitrogens with one attached hydrogen (secondary N) is 1. The molecule has 16 heavy (non-hydrogen) atoms. The number of fused-ring (bicyclic) bond motifs is 1. The molecule has 1 aromatic carbocycles. The summed E-state index contributed by atoms with van der Waals surface area (Å²) in [6.45, 7) is 0. The number of nitrogens with zero attached hydrogens (tertiary/aromatic N) is 2. The molecule has 1 unspecified atom stereocenters. The molecule has 0 saturated heterocycles. The highest BCUT2D eigenvalue weighted by molar-refractivity contribution is 5.73. The van der Waals surface area contributed by atoms with Gasteiger partial charge in [-0.3, -0.25) is 16.3 Å². The fraction of sp³-hybridized carbons (Fsp3) is 0.333. The average Bonchev–Trinajstić information content (AvgIpc) is 3.14. The van der Waals surface area contributed by atoms with Crippen LogP contribution in [0.15, 0.2) is 30.5 Å². The number of para-hydroxylation sites is 2. The summed E-state index contributed by atoms with van der Waals surface area (Å²) in [5.41, 5.74) is 5.65. The van der Waals surface area contributed by atoms with E-state index in [0.717, 1.165) is 16.7 Å². The van der Waals surface area contributed by atoms with Crippen LogP contribution in [0, 0.1) is 5.92 Å². The molecule has 0 spiro atoms. The smallest absolute Gasteiger partial charge is 0.0890 e. The van der Waals surface area contributed by atoms with E-state index in [4.69, 9.17) is 5.84 Å². The highest BCUT2D eigenvalue weighted by Crippen LogP contribution is 2.39. The summed E-state index contributed by atoms with van der Waals surface area (Å²) in [7, 11) is 0. The molecule has 1 aliphatic carbocycles. The maximum atomic E-state index is 5.57. The Hall–Kier alpha value is -1.52. The third-order valence-electron chi connectivity index (χ3n) is 3.06. The molecule has 0 radical (unpaired) electrons.